The summed E-state index contributed by atoms with van der Waals surface area (Å²) in [6.45, 7) is 2.93. The number of hydrogen-bond acceptors (Lipinski definition) is 5. The Labute approximate surface area is 144 Å². The van der Waals surface area contributed by atoms with Crippen LogP contribution in [0.1, 0.15) is 22.8 Å². The molecule has 25 heavy (non-hydrogen) atoms. The molecule has 0 aliphatic heterocycles. The molecule has 0 fully saturated rings. The van der Waals surface area contributed by atoms with Crippen LogP contribution in [0.25, 0.3) is 0 Å². The highest BCUT2D eigenvalue weighted by atomic mass is 16.6. The summed E-state index contributed by atoms with van der Waals surface area (Å²) in [5.41, 5.74) is 1.51. The fraction of sp³-hybridized carbons (Fsp3) is 0.176. The van der Waals surface area contributed by atoms with Gasteiger partial charge in [-0.2, -0.15) is 0 Å². The van der Waals surface area contributed by atoms with Crippen LogP contribution in [0.4, 0.5) is 17.1 Å². The van der Waals surface area contributed by atoms with Gasteiger partial charge in [-0.3, -0.25) is 19.7 Å². The molecule has 0 radical (unpaired) electrons. The van der Waals surface area contributed by atoms with E-state index in [1.165, 1.54) is 32.2 Å². The topological polar surface area (TPSA) is 111 Å². The minimum Gasteiger partial charge on any atom is -0.495 e. The number of carbonyl (C=O) groups is 2. The number of anilines is 2. The number of nitro benzene ring substituents is 1. The largest absolute Gasteiger partial charge is 0.495 e. The molecular weight excluding hydrogens is 326 g/mol. The molecule has 2 aromatic carbocycles. The van der Waals surface area contributed by atoms with E-state index in [0.29, 0.717) is 28.3 Å². The number of amides is 2. The number of nitro groups is 1. The molecule has 0 aromatic heterocycles. The second-order valence-electron chi connectivity index (χ2n) is 5.31. The lowest BCUT2D eigenvalue weighted by atomic mass is 10.1. The normalized spacial score (nSPS) is 10.0. The molecule has 0 spiro atoms. The molecule has 0 atom stereocenters. The van der Waals surface area contributed by atoms with Crippen molar-refractivity contribution in [1.29, 1.82) is 0 Å². The Morgan fingerprint density at radius 2 is 1.84 bits per heavy atom. The molecule has 2 N–H and O–H groups in total. The van der Waals surface area contributed by atoms with Crippen LogP contribution in [0.5, 0.6) is 5.75 Å². The van der Waals surface area contributed by atoms with Gasteiger partial charge in [-0.25, -0.2) is 0 Å². The van der Waals surface area contributed by atoms with Gasteiger partial charge in [0.15, 0.2) is 0 Å². The second-order valence-corrected chi connectivity index (χ2v) is 5.31. The Morgan fingerprint density at radius 1 is 1.12 bits per heavy atom. The highest BCUT2D eigenvalue weighted by Gasteiger charge is 2.14. The van der Waals surface area contributed by atoms with E-state index < -0.39 is 10.8 Å². The van der Waals surface area contributed by atoms with Crippen LogP contribution >= 0.6 is 0 Å². The van der Waals surface area contributed by atoms with E-state index in [-0.39, 0.29) is 11.6 Å². The van der Waals surface area contributed by atoms with Crippen LogP contribution in [0.3, 0.4) is 0 Å². The minimum atomic E-state index is -0.500. The second kappa shape index (κ2) is 7.43. The predicted molar refractivity (Wildman–Crippen MR) is 93.1 cm³/mol. The average Bonchev–Trinajstić information content (AvgIpc) is 2.54. The number of benzene rings is 2. The molecule has 0 unspecified atom stereocenters. The minimum absolute atomic E-state index is 0.0473. The number of nitrogens with one attached hydrogen (secondary N) is 2. The third-order valence-corrected chi connectivity index (χ3v) is 3.42. The van der Waals surface area contributed by atoms with Gasteiger partial charge < -0.3 is 15.4 Å². The SMILES string of the molecule is COc1ccc(NC(=O)c2ccc([N+](=O)[O-])c(C)c2)cc1NC(C)=O. The van der Waals surface area contributed by atoms with Crippen LogP contribution in [0, 0.1) is 17.0 Å². The van der Waals surface area contributed by atoms with E-state index in [1.54, 1.807) is 25.1 Å². The molecule has 0 saturated carbocycles. The van der Waals surface area contributed by atoms with Crippen molar-refractivity contribution in [3.05, 3.63) is 57.6 Å². The molecule has 130 valence electrons. The lowest BCUT2D eigenvalue weighted by molar-refractivity contribution is -0.385. The smallest absolute Gasteiger partial charge is 0.272 e. The Balaban J connectivity index is 2.24. The third-order valence-electron chi connectivity index (χ3n) is 3.42. The van der Waals surface area contributed by atoms with Crippen molar-refractivity contribution < 1.29 is 19.2 Å². The summed E-state index contributed by atoms with van der Waals surface area (Å²) in [7, 11) is 1.47. The summed E-state index contributed by atoms with van der Waals surface area (Å²) in [6, 6.07) is 8.93. The number of hydrogen-bond donors (Lipinski definition) is 2. The number of aryl methyl sites for hydroxylation is 1. The molecule has 0 bridgehead atoms. The zero-order valence-electron chi connectivity index (χ0n) is 14.0. The molecule has 0 aliphatic carbocycles. The standard InChI is InChI=1S/C17H17N3O5/c1-10-8-12(4-6-15(10)20(23)24)17(22)19-13-5-7-16(25-3)14(9-13)18-11(2)21/h4-9H,1-3H3,(H,18,21)(H,19,22). The first-order chi connectivity index (χ1) is 11.8. The van der Waals surface area contributed by atoms with Crippen molar-refractivity contribution >= 4 is 28.9 Å². The van der Waals surface area contributed by atoms with Gasteiger partial charge in [0, 0.05) is 29.8 Å². The Hall–Kier alpha value is -3.42. The zero-order chi connectivity index (χ0) is 18.6. The number of rotatable bonds is 5. The molecule has 2 rings (SSSR count). The molecule has 0 aliphatic rings. The number of carbonyl (C=O) groups excluding carboxylic acids is 2. The maximum atomic E-state index is 12.3. The monoisotopic (exact) mass is 343 g/mol. The van der Waals surface area contributed by atoms with Crippen molar-refractivity contribution in [2.45, 2.75) is 13.8 Å². The van der Waals surface area contributed by atoms with E-state index in [0.717, 1.165) is 0 Å². The van der Waals surface area contributed by atoms with Crippen molar-refractivity contribution in [2.24, 2.45) is 0 Å². The van der Waals surface area contributed by atoms with Crippen LogP contribution in [0.2, 0.25) is 0 Å². The Morgan fingerprint density at radius 3 is 2.40 bits per heavy atom. The van der Waals surface area contributed by atoms with E-state index in [9.17, 15) is 19.7 Å². The van der Waals surface area contributed by atoms with Crippen LogP contribution in [-0.2, 0) is 4.79 Å². The summed E-state index contributed by atoms with van der Waals surface area (Å²) >= 11 is 0. The average molecular weight is 343 g/mol. The quantitative estimate of drug-likeness (QED) is 0.640. The summed E-state index contributed by atoms with van der Waals surface area (Å²) < 4.78 is 5.15. The summed E-state index contributed by atoms with van der Waals surface area (Å²) in [5.74, 6) is -0.232. The van der Waals surface area contributed by atoms with Gasteiger partial charge in [-0.1, -0.05) is 0 Å². The van der Waals surface area contributed by atoms with Crippen LogP contribution < -0.4 is 15.4 Å². The third kappa shape index (κ3) is 4.31. The van der Waals surface area contributed by atoms with E-state index >= 15 is 0 Å². The highest BCUT2D eigenvalue weighted by molar-refractivity contribution is 6.05. The fourth-order valence-electron chi connectivity index (χ4n) is 2.28. The summed E-state index contributed by atoms with van der Waals surface area (Å²) in [6.07, 6.45) is 0. The number of ether oxygens (including phenoxy) is 1. The highest BCUT2D eigenvalue weighted by Crippen LogP contribution is 2.28. The summed E-state index contributed by atoms with van der Waals surface area (Å²) in [4.78, 5) is 33.9. The lowest BCUT2D eigenvalue weighted by Crippen LogP contribution is -2.13. The zero-order valence-corrected chi connectivity index (χ0v) is 14.0. The first-order valence-corrected chi connectivity index (χ1v) is 7.34. The van der Waals surface area contributed by atoms with Gasteiger partial charge in [0.25, 0.3) is 11.6 Å². The van der Waals surface area contributed by atoms with Crippen molar-refractivity contribution in [2.75, 3.05) is 17.7 Å². The van der Waals surface area contributed by atoms with Gasteiger partial charge in [0.05, 0.1) is 17.7 Å². The van der Waals surface area contributed by atoms with Crippen molar-refractivity contribution in [3.8, 4) is 5.75 Å². The van der Waals surface area contributed by atoms with Crippen molar-refractivity contribution in [3.63, 3.8) is 0 Å². The van der Waals surface area contributed by atoms with E-state index in [2.05, 4.69) is 10.6 Å². The van der Waals surface area contributed by atoms with E-state index in [4.69, 9.17) is 4.74 Å². The molecule has 0 heterocycles. The maximum Gasteiger partial charge on any atom is 0.272 e. The molecule has 8 nitrogen and oxygen atoms in total. The fourth-order valence-corrected chi connectivity index (χ4v) is 2.28. The molecule has 0 saturated heterocycles. The number of nitrogens with zero attached hydrogens (tertiary/aromatic N) is 1. The Kier molecular flexibility index (Phi) is 5.33. The predicted octanol–water partition coefficient (Wildman–Crippen LogP) is 3.12. The number of methoxy groups -OCH3 is 1. The van der Waals surface area contributed by atoms with Crippen LogP contribution in [-0.4, -0.2) is 23.8 Å². The summed E-state index contributed by atoms with van der Waals surface area (Å²) in [5, 5.41) is 16.1. The van der Waals surface area contributed by atoms with Crippen molar-refractivity contribution in [1.82, 2.24) is 0 Å². The maximum absolute atomic E-state index is 12.3. The molecule has 2 amide bonds. The molecule has 8 heteroatoms. The molecular formula is C17H17N3O5. The van der Waals surface area contributed by atoms with E-state index in [1.807, 2.05) is 0 Å². The first kappa shape index (κ1) is 17.9. The van der Waals surface area contributed by atoms with Gasteiger partial charge in [0.1, 0.15) is 5.75 Å². The molecule has 2 aromatic rings. The van der Waals surface area contributed by atoms with Gasteiger partial charge in [0.2, 0.25) is 5.91 Å². The lowest BCUT2D eigenvalue weighted by Gasteiger charge is -2.12. The van der Waals surface area contributed by atoms with Gasteiger partial charge in [-0.15, -0.1) is 0 Å². The van der Waals surface area contributed by atoms with Gasteiger partial charge >= 0.3 is 0 Å². The van der Waals surface area contributed by atoms with Gasteiger partial charge in [-0.05, 0) is 37.3 Å². The Bertz CT molecular complexity index is 848. The van der Waals surface area contributed by atoms with Crippen LogP contribution in [0.15, 0.2) is 36.4 Å². The first-order valence-electron chi connectivity index (χ1n) is 7.34.